The molecule has 1 amide bonds. The van der Waals surface area contributed by atoms with Gasteiger partial charge in [-0.15, -0.1) is 0 Å². The third-order valence-electron chi connectivity index (χ3n) is 6.39. The molecular formula is C27H24N4O2. The van der Waals surface area contributed by atoms with Crippen LogP contribution in [0.4, 0.5) is 0 Å². The van der Waals surface area contributed by atoms with E-state index in [2.05, 4.69) is 11.2 Å². The van der Waals surface area contributed by atoms with Crippen molar-refractivity contribution in [2.45, 2.75) is 18.9 Å². The largest absolute Gasteiger partial charge is 0.454 e. The average Bonchev–Trinajstić information content (AvgIpc) is 3.47. The van der Waals surface area contributed by atoms with Crippen molar-refractivity contribution in [1.29, 1.82) is 0 Å². The average molecular weight is 437 g/mol. The zero-order valence-corrected chi connectivity index (χ0v) is 18.1. The molecule has 0 bridgehead atoms. The summed E-state index contributed by atoms with van der Waals surface area (Å²) < 4.78 is 8.10. The summed E-state index contributed by atoms with van der Waals surface area (Å²) >= 11 is 0. The maximum Gasteiger partial charge on any atom is 0.253 e. The van der Waals surface area contributed by atoms with Crippen LogP contribution in [0.3, 0.4) is 0 Å². The molecule has 2 aromatic carbocycles. The van der Waals surface area contributed by atoms with Crippen LogP contribution in [-0.2, 0) is 0 Å². The van der Waals surface area contributed by atoms with Crippen molar-refractivity contribution in [3.05, 3.63) is 84.7 Å². The van der Waals surface area contributed by atoms with Crippen LogP contribution in [0.15, 0.2) is 83.5 Å². The van der Waals surface area contributed by atoms with Crippen LogP contribution in [0.5, 0.6) is 0 Å². The SMILES string of the molecule is N[C@H]1CCCN(C(=O)c2ccc(-c3ccc4ncc(-c5cc6ccccc6o5)n4c3)cc2)C1. The van der Waals surface area contributed by atoms with Gasteiger partial charge in [0.25, 0.3) is 5.91 Å². The van der Waals surface area contributed by atoms with Crippen LogP contribution < -0.4 is 5.73 Å². The molecule has 6 rings (SSSR count). The van der Waals surface area contributed by atoms with Gasteiger partial charge in [-0.05, 0) is 60.4 Å². The van der Waals surface area contributed by atoms with Gasteiger partial charge >= 0.3 is 0 Å². The first-order valence-corrected chi connectivity index (χ1v) is 11.3. The number of hydrogen-bond acceptors (Lipinski definition) is 4. The van der Waals surface area contributed by atoms with E-state index in [4.69, 9.17) is 10.2 Å². The first-order chi connectivity index (χ1) is 16.2. The Morgan fingerprint density at radius 2 is 1.85 bits per heavy atom. The predicted molar refractivity (Wildman–Crippen MR) is 129 cm³/mol. The first-order valence-electron chi connectivity index (χ1n) is 11.3. The Balaban J connectivity index is 1.31. The van der Waals surface area contributed by atoms with Crippen molar-refractivity contribution >= 4 is 22.5 Å². The number of fused-ring (bicyclic) bond motifs is 2. The van der Waals surface area contributed by atoms with Gasteiger partial charge in [-0.25, -0.2) is 4.98 Å². The number of nitrogens with zero attached hydrogens (tertiary/aromatic N) is 3. The number of rotatable bonds is 3. The Morgan fingerprint density at radius 3 is 2.67 bits per heavy atom. The normalized spacial score (nSPS) is 16.5. The van der Waals surface area contributed by atoms with E-state index in [9.17, 15) is 4.79 Å². The zero-order valence-electron chi connectivity index (χ0n) is 18.1. The molecule has 1 fully saturated rings. The van der Waals surface area contributed by atoms with Gasteiger partial charge in [-0.1, -0.05) is 30.3 Å². The lowest BCUT2D eigenvalue weighted by Crippen LogP contribution is -2.45. The minimum atomic E-state index is 0.0499. The maximum atomic E-state index is 12.9. The molecule has 1 aliphatic heterocycles. The molecule has 164 valence electrons. The molecule has 3 aromatic heterocycles. The van der Waals surface area contributed by atoms with Crippen LogP contribution in [0.1, 0.15) is 23.2 Å². The smallest absolute Gasteiger partial charge is 0.253 e. The Labute approximate surface area is 191 Å². The lowest BCUT2D eigenvalue weighted by Gasteiger charge is -2.30. The van der Waals surface area contributed by atoms with Crippen molar-refractivity contribution in [2.75, 3.05) is 13.1 Å². The minimum absolute atomic E-state index is 0.0499. The van der Waals surface area contributed by atoms with Gasteiger partial charge < -0.3 is 15.1 Å². The van der Waals surface area contributed by atoms with Gasteiger partial charge in [0, 0.05) is 36.3 Å². The van der Waals surface area contributed by atoms with Crippen molar-refractivity contribution in [3.63, 3.8) is 0 Å². The van der Waals surface area contributed by atoms with E-state index in [-0.39, 0.29) is 11.9 Å². The van der Waals surface area contributed by atoms with Crippen LogP contribution in [-0.4, -0.2) is 39.3 Å². The lowest BCUT2D eigenvalue weighted by molar-refractivity contribution is 0.0709. The minimum Gasteiger partial charge on any atom is -0.454 e. The molecule has 33 heavy (non-hydrogen) atoms. The van der Waals surface area contributed by atoms with Gasteiger partial charge in [0.05, 0.1) is 6.20 Å². The quantitative estimate of drug-likeness (QED) is 0.433. The number of para-hydroxylation sites is 1. The van der Waals surface area contributed by atoms with Crippen LogP contribution >= 0.6 is 0 Å². The molecule has 6 heteroatoms. The molecule has 0 radical (unpaired) electrons. The summed E-state index contributed by atoms with van der Waals surface area (Å²) in [6.45, 7) is 1.40. The first kappa shape index (κ1) is 19.8. The fraction of sp³-hybridized carbons (Fsp3) is 0.185. The van der Waals surface area contributed by atoms with Crippen molar-refractivity contribution in [3.8, 4) is 22.6 Å². The van der Waals surface area contributed by atoms with Gasteiger partial charge in [-0.3, -0.25) is 9.20 Å². The summed E-state index contributed by atoms with van der Waals surface area (Å²) in [7, 11) is 0. The Morgan fingerprint density at radius 1 is 1.03 bits per heavy atom. The molecule has 1 atom stereocenters. The van der Waals surface area contributed by atoms with Crippen molar-refractivity contribution in [1.82, 2.24) is 14.3 Å². The number of hydrogen-bond donors (Lipinski definition) is 1. The van der Waals surface area contributed by atoms with E-state index in [0.29, 0.717) is 12.1 Å². The van der Waals surface area contributed by atoms with Crippen LogP contribution in [0, 0.1) is 0 Å². The second-order valence-corrected chi connectivity index (χ2v) is 8.67. The molecule has 2 N–H and O–H groups in total. The molecule has 4 heterocycles. The molecule has 1 saturated heterocycles. The second-order valence-electron chi connectivity index (χ2n) is 8.67. The standard InChI is InChI=1S/C27H24N4O2/c28-22-5-3-13-30(17-22)27(32)19-9-7-18(8-10-19)21-11-12-26-29-15-23(31(26)16-21)25-14-20-4-1-2-6-24(20)33-25/h1-2,4,6-12,14-16,22H,3,5,13,17,28H2/t22-/m0/s1. The van der Waals surface area contributed by atoms with Crippen LogP contribution in [0.25, 0.3) is 39.2 Å². The highest BCUT2D eigenvalue weighted by molar-refractivity contribution is 5.95. The number of benzene rings is 2. The van der Waals surface area contributed by atoms with Gasteiger partial charge in [0.2, 0.25) is 0 Å². The number of nitrogens with two attached hydrogens (primary N) is 1. The third-order valence-corrected chi connectivity index (χ3v) is 6.39. The highest BCUT2D eigenvalue weighted by Gasteiger charge is 2.22. The molecule has 0 spiro atoms. The second kappa shape index (κ2) is 7.90. The molecule has 0 saturated carbocycles. The molecule has 1 aliphatic rings. The number of carbonyl (C=O) groups is 1. The predicted octanol–water partition coefficient (Wildman–Crippen LogP) is 4.98. The van der Waals surface area contributed by atoms with E-state index in [1.165, 1.54) is 0 Å². The fourth-order valence-corrected chi connectivity index (χ4v) is 4.62. The summed E-state index contributed by atoms with van der Waals surface area (Å²) in [6.07, 6.45) is 5.84. The molecule has 6 nitrogen and oxygen atoms in total. The molecule has 5 aromatic rings. The summed E-state index contributed by atoms with van der Waals surface area (Å²) in [5.74, 6) is 0.829. The zero-order chi connectivity index (χ0) is 22.4. The highest BCUT2D eigenvalue weighted by Crippen LogP contribution is 2.30. The summed E-state index contributed by atoms with van der Waals surface area (Å²) in [4.78, 5) is 19.3. The summed E-state index contributed by atoms with van der Waals surface area (Å²) in [5.41, 5.74) is 11.4. The number of likely N-dealkylation sites (tertiary alicyclic amines) is 1. The fourth-order valence-electron chi connectivity index (χ4n) is 4.62. The van der Waals surface area contributed by atoms with E-state index in [1.54, 1.807) is 0 Å². The lowest BCUT2D eigenvalue weighted by atomic mass is 10.0. The van der Waals surface area contributed by atoms with E-state index in [0.717, 1.165) is 58.6 Å². The molecule has 0 aliphatic carbocycles. The van der Waals surface area contributed by atoms with E-state index < -0.39 is 0 Å². The number of pyridine rings is 1. The summed E-state index contributed by atoms with van der Waals surface area (Å²) in [5, 5.41) is 1.06. The van der Waals surface area contributed by atoms with Crippen molar-refractivity contribution in [2.24, 2.45) is 5.73 Å². The highest BCUT2D eigenvalue weighted by atomic mass is 16.3. The van der Waals surface area contributed by atoms with Gasteiger partial charge in [-0.2, -0.15) is 0 Å². The van der Waals surface area contributed by atoms with Crippen LogP contribution in [0.2, 0.25) is 0 Å². The number of amides is 1. The molecular weight excluding hydrogens is 412 g/mol. The Bertz CT molecular complexity index is 1430. The van der Waals surface area contributed by atoms with Crippen molar-refractivity contribution < 1.29 is 9.21 Å². The third kappa shape index (κ3) is 3.58. The number of carbonyl (C=O) groups excluding carboxylic acids is 1. The van der Waals surface area contributed by atoms with Gasteiger partial charge in [0.15, 0.2) is 5.76 Å². The summed E-state index contributed by atoms with van der Waals surface area (Å²) in [6, 6.07) is 21.9. The van der Waals surface area contributed by atoms with E-state index >= 15 is 0 Å². The number of furan rings is 1. The number of piperidine rings is 1. The number of aromatic nitrogens is 2. The molecule has 0 unspecified atom stereocenters. The topological polar surface area (TPSA) is 76.8 Å². The Hall–Kier alpha value is -3.90. The Kier molecular flexibility index (Phi) is 4.73. The number of imidazole rings is 1. The van der Waals surface area contributed by atoms with Gasteiger partial charge in [0.1, 0.15) is 16.9 Å². The van der Waals surface area contributed by atoms with E-state index in [1.807, 2.05) is 82.2 Å². The maximum absolute atomic E-state index is 12.9. The monoisotopic (exact) mass is 436 g/mol.